The molecule has 1 atom stereocenters. The number of hydrogen-bond acceptors (Lipinski definition) is 0. The monoisotopic (exact) mass is 220 g/mol. The maximum atomic E-state index is 2.48. The predicted molar refractivity (Wildman–Crippen MR) is 73.4 cm³/mol. The molecular weight excluding hydrogens is 192 g/mol. The van der Waals surface area contributed by atoms with E-state index in [1.165, 1.54) is 6.42 Å². The lowest BCUT2D eigenvalue weighted by Crippen LogP contribution is -2.19. The van der Waals surface area contributed by atoms with Crippen LogP contribution in [0.3, 0.4) is 0 Å². The van der Waals surface area contributed by atoms with Crippen molar-refractivity contribution in [1.29, 1.82) is 0 Å². The fourth-order valence-corrected chi connectivity index (χ4v) is 2.75. The number of hydrogen-bond donors (Lipinski definition) is 0. The first kappa shape index (κ1) is 13.5. The van der Waals surface area contributed by atoms with Crippen molar-refractivity contribution < 1.29 is 0 Å². The quantitative estimate of drug-likeness (QED) is 0.612. The SMILES string of the molecule is CC1=C(C(C)C)C=C(C(C)C)CC1C(C)C. The highest BCUT2D eigenvalue weighted by Crippen LogP contribution is 2.39. The van der Waals surface area contributed by atoms with Gasteiger partial charge in [0.25, 0.3) is 0 Å². The molecule has 92 valence electrons. The third-order valence-corrected chi connectivity index (χ3v) is 3.98. The summed E-state index contributed by atoms with van der Waals surface area (Å²) in [7, 11) is 0. The minimum Gasteiger partial charge on any atom is -0.0668 e. The van der Waals surface area contributed by atoms with Gasteiger partial charge < -0.3 is 0 Å². The lowest BCUT2D eigenvalue weighted by atomic mass is 9.73. The average molecular weight is 220 g/mol. The lowest BCUT2D eigenvalue weighted by molar-refractivity contribution is 0.413. The minimum absolute atomic E-state index is 0.662. The van der Waals surface area contributed by atoms with Crippen molar-refractivity contribution in [3.63, 3.8) is 0 Å². The van der Waals surface area contributed by atoms with Gasteiger partial charge in [-0.3, -0.25) is 0 Å². The maximum Gasteiger partial charge on any atom is -0.0140 e. The Morgan fingerprint density at radius 2 is 1.56 bits per heavy atom. The molecule has 0 heterocycles. The average Bonchev–Trinajstić information content (AvgIpc) is 2.16. The van der Waals surface area contributed by atoms with Crippen molar-refractivity contribution in [3.8, 4) is 0 Å². The highest BCUT2D eigenvalue weighted by Gasteiger charge is 2.25. The van der Waals surface area contributed by atoms with Crippen molar-refractivity contribution in [2.24, 2.45) is 23.7 Å². The Balaban J connectivity index is 3.11. The smallest absolute Gasteiger partial charge is 0.0140 e. The van der Waals surface area contributed by atoms with Gasteiger partial charge in [-0.15, -0.1) is 0 Å². The van der Waals surface area contributed by atoms with Crippen LogP contribution in [0.5, 0.6) is 0 Å². The van der Waals surface area contributed by atoms with Crippen LogP contribution in [0.25, 0.3) is 0 Å². The zero-order valence-corrected chi connectivity index (χ0v) is 12.1. The first-order valence-electron chi connectivity index (χ1n) is 6.75. The molecule has 0 aromatic rings. The van der Waals surface area contributed by atoms with E-state index >= 15 is 0 Å². The zero-order valence-electron chi connectivity index (χ0n) is 12.1. The van der Waals surface area contributed by atoms with Gasteiger partial charge in [0, 0.05) is 0 Å². The summed E-state index contributed by atoms with van der Waals surface area (Å²) in [6, 6.07) is 0. The van der Waals surface area contributed by atoms with Crippen LogP contribution in [-0.2, 0) is 0 Å². The fourth-order valence-electron chi connectivity index (χ4n) is 2.75. The van der Waals surface area contributed by atoms with Crippen LogP contribution < -0.4 is 0 Å². The lowest BCUT2D eigenvalue weighted by Gasteiger charge is -2.32. The molecule has 0 nitrogen and oxygen atoms in total. The molecule has 0 amide bonds. The summed E-state index contributed by atoms with van der Waals surface area (Å²) in [5.74, 6) is 2.88. The summed E-state index contributed by atoms with van der Waals surface area (Å²) in [5.41, 5.74) is 4.87. The van der Waals surface area contributed by atoms with Crippen LogP contribution in [0.15, 0.2) is 22.8 Å². The molecule has 0 N–H and O–H groups in total. The van der Waals surface area contributed by atoms with Gasteiger partial charge in [0.05, 0.1) is 0 Å². The molecule has 1 aliphatic carbocycles. The third kappa shape index (κ3) is 2.78. The third-order valence-electron chi connectivity index (χ3n) is 3.98. The van der Waals surface area contributed by atoms with Gasteiger partial charge >= 0.3 is 0 Å². The van der Waals surface area contributed by atoms with Gasteiger partial charge in [0.1, 0.15) is 0 Å². The summed E-state index contributed by atoms with van der Waals surface area (Å²) in [5, 5.41) is 0. The minimum atomic E-state index is 0.662. The van der Waals surface area contributed by atoms with Crippen molar-refractivity contribution in [3.05, 3.63) is 22.8 Å². The van der Waals surface area contributed by atoms with E-state index in [0.29, 0.717) is 11.8 Å². The normalized spacial score (nSPS) is 22.4. The molecule has 0 saturated carbocycles. The van der Waals surface area contributed by atoms with Crippen molar-refractivity contribution in [2.75, 3.05) is 0 Å². The van der Waals surface area contributed by atoms with E-state index in [4.69, 9.17) is 0 Å². The van der Waals surface area contributed by atoms with Gasteiger partial charge in [-0.05, 0) is 42.6 Å². The summed E-state index contributed by atoms with van der Waals surface area (Å²) in [4.78, 5) is 0. The molecule has 1 rings (SSSR count). The largest absolute Gasteiger partial charge is 0.0668 e. The van der Waals surface area contributed by atoms with E-state index < -0.39 is 0 Å². The van der Waals surface area contributed by atoms with Gasteiger partial charge in [0.15, 0.2) is 0 Å². The van der Waals surface area contributed by atoms with E-state index in [9.17, 15) is 0 Å². The molecule has 1 aliphatic rings. The Morgan fingerprint density at radius 3 is 1.94 bits per heavy atom. The van der Waals surface area contributed by atoms with E-state index in [0.717, 1.165) is 11.8 Å². The van der Waals surface area contributed by atoms with E-state index in [-0.39, 0.29) is 0 Å². The molecule has 0 bridgehead atoms. The Kier molecular flexibility index (Phi) is 4.41. The molecular formula is C16H28. The molecule has 0 saturated heterocycles. The van der Waals surface area contributed by atoms with Crippen LogP contribution in [-0.4, -0.2) is 0 Å². The second-order valence-corrected chi connectivity index (χ2v) is 6.22. The van der Waals surface area contributed by atoms with Gasteiger partial charge in [0.2, 0.25) is 0 Å². The topological polar surface area (TPSA) is 0 Å². The van der Waals surface area contributed by atoms with Crippen LogP contribution >= 0.6 is 0 Å². The van der Waals surface area contributed by atoms with Crippen LogP contribution in [0, 0.1) is 23.7 Å². The molecule has 0 spiro atoms. The van der Waals surface area contributed by atoms with Crippen molar-refractivity contribution >= 4 is 0 Å². The van der Waals surface area contributed by atoms with Crippen LogP contribution in [0.4, 0.5) is 0 Å². The molecule has 1 unspecified atom stereocenters. The van der Waals surface area contributed by atoms with Gasteiger partial charge in [-0.25, -0.2) is 0 Å². The Morgan fingerprint density at radius 1 is 1.00 bits per heavy atom. The van der Waals surface area contributed by atoms with E-state index in [1.54, 1.807) is 16.7 Å². The summed E-state index contributed by atoms with van der Waals surface area (Å²) >= 11 is 0. The highest BCUT2D eigenvalue weighted by atomic mass is 14.3. The van der Waals surface area contributed by atoms with Crippen LogP contribution in [0.2, 0.25) is 0 Å². The molecule has 0 aliphatic heterocycles. The Hall–Kier alpha value is -0.520. The standard InChI is InChI=1S/C16H28/c1-10(2)14-8-15(11(3)4)13(7)16(9-14)12(5)6/h8,10-12,16H,9H2,1-7H3. The maximum absolute atomic E-state index is 2.48. The predicted octanol–water partition coefficient (Wildman–Crippen LogP) is 5.22. The molecule has 0 heteroatoms. The second kappa shape index (κ2) is 5.21. The number of allylic oxidation sites excluding steroid dienone is 4. The van der Waals surface area contributed by atoms with Gasteiger partial charge in [-0.2, -0.15) is 0 Å². The van der Waals surface area contributed by atoms with Crippen molar-refractivity contribution in [1.82, 2.24) is 0 Å². The summed E-state index contributed by atoms with van der Waals surface area (Å²) in [6.07, 6.45) is 3.75. The van der Waals surface area contributed by atoms with Crippen molar-refractivity contribution in [2.45, 2.75) is 54.9 Å². The molecule has 0 aromatic carbocycles. The number of rotatable bonds is 3. The Bertz CT molecular complexity index is 300. The van der Waals surface area contributed by atoms with E-state index in [2.05, 4.69) is 54.5 Å². The molecule has 0 fully saturated rings. The Labute approximate surface area is 102 Å². The molecule has 0 radical (unpaired) electrons. The molecule has 16 heavy (non-hydrogen) atoms. The van der Waals surface area contributed by atoms with E-state index in [1.807, 2.05) is 0 Å². The second-order valence-electron chi connectivity index (χ2n) is 6.22. The first-order valence-corrected chi connectivity index (χ1v) is 6.75. The summed E-state index contributed by atoms with van der Waals surface area (Å²) in [6.45, 7) is 16.3. The zero-order chi connectivity index (χ0) is 12.5. The molecule has 0 aromatic heterocycles. The fraction of sp³-hybridized carbons (Fsp3) is 0.750. The summed E-state index contributed by atoms with van der Waals surface area (Å²) < 4.78 is 0. The van der Waals surface area contributed by atoms with Crippen LogP contribution in [0.1, 0.15) is 54.9 Å². The highest BCUT2D eigenvalue weighted by molar-refractivity contribution is 5.36. The first-order chi connectivity index (χ1) is 7.34. The van der Waals surface area contributed by atoms with Gasteiger partial charge in [-0.1, -0.05) is 58.8 Å².